The number of ketones is 1. The Hall–Kier alpha value is -3.22. The van der Waals surface area contributed by atoms with Crippen LogP contribution >= 0.6 is 0 Å². The SMILES string of the molecule is [B]C([B])(NC(=O)C1=C(O)c2ccc(-c3ccccc3)n2C2(CCCCC2)C1=O)C(=O)O. The highest BCUT2D eigenvalue weighted by Gasteiger charge is 2.51. The van der Waals surface area contributed by atoms with Gasteiger partial charge in [-0.15, -0.1) is 0 Å². The van der Waals surface area contributed by atoms with Crippen LogP contribution in [0.3, 0.4) is 0 Å². The molecule has 1 aromatic carbocycles. The lowest BCUT2D eigenvalue weighted by molar-refractivity contribution is -0.141. The molecular weight excluding hydrogens is 394 g/mol. The standard InChI is InChI=1S/C22H20B2N2O5/c23-22(24,20(30)31)25-19(29)16-17(27)15-10-9-14(13-7-3-1-4-8-13)26(15)21(18(16)28)11-5-2-6-12-21/h1,3-4,7-10,27H,2,5-6,11-12H2,(H,25,29)(H,30,31). The van der Waals surface area contributed by atoms with Gasteiger partial charge in [0.2, 0.25) is 0 Å². The first kappa shape index (κ1) is 21.0. The molecule has 1 aliphatic carbocycles. The highest BCUT2D eigenvalue weighted by Crippen LogP contribution is 2.46. The molecule has 0 bridgehead atoms. The first-order chi connectivity index (χ1) is 14.7. The van der Waals surface area contributed by atoms with Crippen LogP contribution in [0.25, 0.3) is 17.0 Å². The normalized spacial score (nSPS) is 18.0. The maximum Gasteiger partial charge on any atom is 0.310 e. The van der Waals surface area contributed by atoms with E-state index in [1.54, 1.807) is 12.1 Å². The van der Waals surface area contributed by atoms with Gasteiger partial charge < -0.3 is 20.1 Å². The largest absolute Gasteiger partial charge is 0.505 e. The summed E-state index contributed by atoms with van der Waals surface area (Å²) in [6, 6.07) is 12.9. The van der Waals surface area contributed by atoms with E-state index in [2.05, 4.69) is 0 Å². The second kappa shape index (κ2) is 7.48. The third-order valence-corrected chi connectivity index (χ3v) is 6.09. The molecule has 0 atom stereocenters. The van der Waals surface area contributed by atoms with Gasteiger partial charge in [0, 0.05) is 5.69 Å². The van der Waals surface area contributed by atoms with Crippen molar-refractivity contribution in [3.8, 4) is 11.3 Å². The van der Waals surface area contributed by atoms with Crippen LogP contribution in [0.5, 0.6) is 0 Å². The van der Waals surface area contributed by atoms with Gasteiger partial charge in [-0.3, -0.25) is 14.4 Å². The molecule has 3 N–H and O–H groups in total. The number of aliphatic carboxylic acids is 1. The minimum absolute atomic E-state index is 0.320. The zero-order valence-electron chi connectivity index (χ0n) is 16.8. The van der Waals surface area contributed by atoms with E-state index in [1.807, 2.05) is 40.2 Å². The summed E-state index contributed by atoms with van der Waals surface area (Å²) in [7, 11) is 10.9. The number of amides is 1. The van der Waals surface area contributed by atoms with E-state index < -0.39 is 39.9 Å². The Kier molecular flexibility index (Phi) is 5.07. The maximum absolute atomic E-state index is 13.7. The van der Waals surface area contributed by atoms with Crippen molar-refractivity contribution in [3.63, 3.8) is 0 Å². The Morgan fingerprint density at radius 2 is 1.61 bits per heavy atom. The molecule has 1 saturated carbocycles. The van der Waals surface area contributed by atoms with Crippen LogP contribution in [0.2, 0.25) is 0 Å². The van der Waals surface area contributed by atoms with Crippen molar-refractivity contribution in [1.82, 2.24) is 9.88 Å². The number of aliphatic hydroxyl groups excluding tert-OH is 1. The number of carboxylic acid groups (broad SMARTS) is 1. The summed E-state index contributed by atoms with van der Waals surface area (Å²) in [5.74, 6) is -3.88. The van der Waals surface area contributed by atoms with Crippen LogP contribution in [-0.4, -0.2) is 53.5 Å². The second-order valence-corrected chi connectivity index (χ2v) is 8.08. The van der Waals surface area contributed by atoms with Gasteiger partial charge in [-0.05, 0) is 30.5 Å². The van der Waals surface area contributed by atoms with Gasteiger partial charge in [0.1, 0.15) is 26.8 Å². The molecule has 9 heteroatoms. The molecule has 1 aromatic heterocycles. The average Bonchev–Trinajstić information content (AvgIpc) is 3.20. The fourth-order valence-electron chi connectivity index (χ4n) is 4.59. The summed E-state index contributed by atoms with van der Waals surface area (Å²) in [6.07, 6.45) is 3.50. The third-order valence-electron chi connectivity index (χ3n) is 6.09. The molecule has 1 amide bonds. The van der Waals surface area contributed by atoms with Crippen LogP contribution in [0.4, 0.5) is 0 Å². The van der Waals surface area contributed by atoms with Crippen LogP contribution in [-0.2, 0) is 19.9 Å². The summed E-state index contributed by atoms with van der Waals surface area (Å²) in [4.78, 5) is 37.8. The number of carbonyl (C=O) groups excluding carboxylic acids is 2. The highest BCUT2D eigenvalue weighted by atomic mass is 16.4. The molecule has 2 heterocycles. The van der Waals surface area contributed by atoms with Gasteiger partial charge in [-0.2, -0.15) is 0 Å². The lowest BCUT2D eigenvalue weighted by Gasteiger charge is -2.43. The van der Waals surface area contributed by atoms with Gasteiger partial charge in [-0.25, -0.2) is 0 Å². The van der Waals surface area contributed by atoms with Crippen LogP contribution < -0.4 is 5.32 Å². The van der Waals surface area contributed by atoms with E-state index in [-0.39, 0.29) is 0 Å². The minimum atomic E-state index is -2.58. The number of Topliss-reactive ketones (excluding diaryl/α,β-unsaturated/α-hetero) is 1. The molecule has 2 aliphatic rings. The monoisotopic (exact) mass is 414 g/mol. The summed E-state index contributed by atoms with van der Waals surface area (Å²) in [5, 5.41) is 19.4. The fraction of sp³-hybridized carbons (Fsp3) is 0.318. The average molecular weight is 414 g/mol. The van der Waals surface area contributed by atoms with Crippen molar-refractivity contribution in [2.45, 2.75) is 43.0 Å². The summed E-state index contributed by atoms with van der Waals surface area (Å²) in [5.41, 5.74) is 0.375. The molecule has 2 aromatic rings. The van der Waals surface area contributed by atoms with Crippen molar-refractivity contribution < 1.29 is 24.6 Å². The number of nitrogens with zero attached hydrogens (tertiary/aromatic N) is 1. The molecule has 31 heavy (non-hydrogen) atoms. The predicted octanol–water partition coefficient (Wildman–Crippen LogP) is 1.86. The van der Waals surface area contributed by atoms with E-state index >= 15 is 0 Å². The van der Waals surface area contributed by atoms with Gasteiger partial charge in [0.05, 0.1) is 11.0 Å². The Labute approximate surface area is 182 Å². The Morgan fingerprint density at radius 1 is 1.00 bits per heavy atom. The first-order valence-corrected chi connectivity index (χ1v) is 10.1. The van der Waals surface area contributed by atoms with Crippen molar-refractivity contribution >= 4 is 39.1 Å². The number of rotatable bonds is 4. The number of carboxylic acids is 1. The lowest BCUT2D eigenvalue weighted by atomic mass is 9.61. The number of fused-ring (bicyclic) bond motifs is 2. The van der Waals surface area contributed by atoms with Crippen LogP contribution in [0, 0.1) is 0 Å². The summed E-state index contributed by atoms with van der Waals surface area (Å²) in [6.45, 7) is 0. The molecule has 7 nitrogen and oxygen atoms in total. The number of hydrogen-bond acceptors (Lipinski definition) is 4. The zero-order valence-corrected chi connectivity index (χ0v) is 16.8. The zero-order chi connectivity index (χ0) is 22.4. The molecule has 1 fully saturated rings. The van der Waals surface area contributed by atoms with Crippen molar-refractivity contribution in [2.75, 3.05) is 0 Å². The molecule has 4 rings (SSSR count). The van der Waals surface area contributed by atoms with Gasteiger partial charge >= 0.3 is 5.97 Å². The van der Waals surface area contributed by atoms with Crippen molar-refractivity contribution in [2.24, 2.45) is 0 Å². The molecule has 1 aliphatic heterocycles. The highest BCUT2D eigenvalue weighted by molar-refractivity contribution is 6.51. The van der Waals surface area contributed by atoms with Gasteiger partial charge in [-0.1, -0.05) is 49.6 Å². The minimum Gasteiger partial charge on any atom is -0.505 e. The molecule has 154 valence electrons. The molecule has 0 unspecified atom stereocenters. The van der Waals surface area contributed by atoms with Crippen molar-refractivity contribution in [1.29, 1.82) is 0 Å². The third kappa shape index (κ3) is 3.28. The second-order valence-electron chi connectivity index (χ2n) is 8.08. The quantitative estimate of drug-likeness (QED) is 0.523. The van der Waals surface area contributed by atoms with E-state index in [4.69, 9.17) is 20.8 Å². The number of hydrogen-bond donors (Lipinski definition) is 3. The number of nitrogens with one attached hydrogen (secondary N) is 1. The Morgan fingerprint density at radius 3 is 2.23 bits per heavy atom. The van der Waals surface area contributed by atoms with E-state index in [1.165, 1.54) is 0 Å². The summed E-state index contributed by atoms with van der Waals surface area (Å²) >= 11 is 0. The Balaban J connectivity index is 1.90. The van der Waals surface area contributed by atoms with E-state index in [9.17, 15) is 19.5 Å². The Bertz CT molecular complexity index is 1100. The summed E-state index contributed by atoms with van der Waals surface area (Å²) < 4.78 is 1.82. The number of aliphatic hydroxyl groups is 1. The van der Waals surface area contributed by atoms with Crippen molar-refractivity contribution in [3.05, 3.63) is 53.7 Å². The number of aromatic nitrogens is 1. The number of benzene rings is 1. The topological polar surface area (TPSA) is 109 Å². The molecule has 1 spiro atoms. The molecule has 4 radical (unpaired) electrons. The van der Waals surface area contributed by atoms with Crippen LogP contribution in [0.15, 0.2) is 48.0 Å². The molecule has 0 saturated heterocycles. The molecular formula is C22H20B2N2O5. The van der Waals surface area contributed by atoms with E-state index in [0.717, 1.165) is 30.5 Å². The van der Waals surface area contributed by atoms with Gasteiger partial charge in [0.25, 0.3) is 5.91 Å². The van der Waals surface area contributed by atoms with E-state index in [0.29, 0.717) is 18.5 Å². The first-order valence-electron chi connectivity index (χ1n) is 10.1. The van der Waals surface area contributed by atoms with Gasteiger partial charge in [0.15, 0.2) is 11.5 Å². The predicted molar refractivity (Wildman–Crippen MR) is 116 cm³/mol. The van der Waals surface area contributed by atoms with Crippen LogP contribution in [0.1, 0.15) is 37.8 Å². The lowest BCUT2D eigenvalue weighted by Crippen LogP contribution is -2.58. The fourth-order valence-corrected chi connectivity index (χ4v) is 4.59. The number of carbonyl (C=O) groups is 3. The smallest absolute Gasteiger partial charge is 0.310 e. The maximum atomic E-state index is 13.7.